The fourth-order valence-electron chi connectivity index (χ4n) is 2.96. The molecule has 0 aliphatic rings. The van der Waals surface area contributed by atoms with E-state index >= 15 is 0 Å². The Hall–Kier alpha value is -1.72. The van der Waals surface area contributed by atoms with Crippen LogP contribution in [0, 0.1) is 0 Å². The summed E-state index contributed by atoms with van der Waals surface area (Å²) in [5, 5.41) is 0.229. The molecule has 0 saturated carbocycles. The van der Waals surface area contributed by atoms with Crippen molar-refractivity contribution < 1.29 is 19.0 Å². The molecular formula is C25H38O4S. The number of benzene rings is 1. The van der Waals surface area contributed by atoms with Crippen LogP contribution in [0.2, 0.25) is 0 Å². The van der Waals surface area contributed by atoms with Crippen molar-refractivity contribution in [2.75, 3.05) is 25.6 Å². The maximum Gasteiger partial charge on any atom is 0.185 e. The molecule has 0 aliphatic carbocycles. The number of carbonyl (C=O) groups excluding carboxylic acids is 1. The van der Waals surface area contributed by atoms with Gasteiger partial charge in [-0.1, -0.05) is 75.6 Å². The summed E-state index contributed by atoms with van der Waals surface area (Å²) in [6.45, 7) is 11.2. The minimum absolute atomic E-state index is 0.229. The third-order valence-corrected chi connectivity index (χ3v) is 5.33. The number of carbonyl (C=O) groups is 1. The lowest BCUT2D eigenvalue weighted by molar-refractivity contribution is -0.109. The molecule has 1 aromatic carbocycles. The Morgan fingerprint density at radius 3 is 1.93 bits per heavy atom. The Bertz CT molecular complexity index is 585. The van der Waals surface area contributed by atoms with E-state index in [0.717, 1.165) is 42.3 Å². The van der Waals surface area contributed by atoms with E-state index in [0.29, 0.717) is 19.8 Å². The molecule has 1 aromatic rings. The first-order valence-electron chi connectivity index (χ1n) is 11.0. The summed E-state index contributed by atoms with van der Waals surface area (Å²) < 4.78 is 17.1. The van der Waals surface area contributed by atoms with Gasteiger partial charge in [-0.3, -0.25) is 4.79 Å². The van der Waals surface area contributed by atoms with Crippen molar-refractivity contribution in [2.24, 2.45) is 0 Å². The standard InChI is InChI=1S/C25H38O4S/c1-4-14-28-24-18-23(19-25(20-24)29-15-5-2)21-27-16-12-10-8-6-7-9-11-13-17-30-22(3)26/h4-5,18-20H,1-2,6-17,21H2,3H3. The van der Waals surface area contributed by atoms with E-state index in [9.17, 15) is 4.79 Å². The van der Waals surface area contributed by atoms with Gasteiger partial charge in [0.1, 0.15) is 24.7 Å². The summed E-state index contributed by atoms with van der Waals surface area (Å²) in [5.74, 6) is 2.49. The molecule has 0 radical (unpaired) electrons. The molecule has 0 unspecified atom stereocenters. The summed E-state index contributed by atoms with van der Waals surface area (Å²) in [7, 11) is 0. The van der Waals surface area contributed by atoms with E-state index in [-0.39, 0.29) is 5.12 Å². The predicted molar refractivity (Wildman–Crippen MR) is 128 cm³/mol. The zero-order chi connectivity index (χ0) is 21.9. The Labute approximate surface area is 187 Å². The molecule has 0 N–H and O–H groups in total. The van der Waals surface area contributed by atoms with Crippen LogP contribution in [0.25, 0.3) is 0 Å². The van der Waals surface area contributed by atoms with E-state index in [1.165, 1.54) is 50.3 Å². The van der Waals surface area contributed by atoms with E-state index in [1.807, 2.05) is 18.2 Å². The molecule has 168 valence electrons. The zero-order valence-corrected chi connectivity index (χ0v) is 19.4. The first kappa shape index (κ1) is 26.3. The summed E-state index contributed by atoms with van der Waals surface area (Å²) in [4.78, 5) is 10.8. The van der Waals surface area contributed by atoms with Crippen molar-refractivity contribution in [1.29, 1.82) is 0 Å². The first-order valence-corrected chi connectivity index (χ1v) is 12.0. The van der Waals surface area contributed by atoms with Crippen molar-refractivity contribution in [1.82, 2.24) is 0 Å². The zero-order valence-electron chi connectivity index (χ0n) is 18.5. The second-order valence-corrected chi connectivity index (χ2v) is 8.50. The van der Waals surface area contributed by atoms with Gasteiger partial charge in [-0.2, -0.15) is 0 Å². The molecule has 0 fully saturated rings. The number of hydrogen-bond acceptors (Lipinski definition) is 5. The van der Waals surface area contributed by atoms with E-state index in [4.69, 9.17) is 14.2 Å². The summed E-state index contributed by atoms with van der Waals surface area (Å²) in [6, 6.07) is 5.84. The molecule has 0 bridgehead atoms. The van der Waals surface area contributed by atoms with Gasteiger partial charge in [-0.05, 0) is 30.5 Å². The molecule has 4 nitrogen and oxygen atoms in total. The van der Waals surface area contributed by atoms with Gasteiger partial charge in [0.2, 0.25) is 0 Å². The fraction of sp³-hybridized carbons (Fsp3) is 0.560. The van der Waals surface area contributed by atoms with Crippen LogP contribution in [0.4, 0.5) is 0 Å². The Morgan fingerprint density at radius 2 is 1.40 bits per heavy atom. The average Bonchev–Trinajstić information content (AvgIpc) is 2.73. The lowest BCUT2D eigenvalue weighted by Gasteiger charge is -2.11. The van der Waals surface area contributed by atoms with Crippen molar-refractivity contribution in [3.63, 3.8) is 0 Å². The lowest BCUT2D eigenvalue weighted by atomic mass is 10.1. The topological polar surface area (TPSA) is 44.8 Å². The smallest absolute Gasteiger partial charge is 0.185 e. The van der Waals surface area contributed by atoms with Gasteiger partial charge in [-0.25, -0.2) is 0 Å². The van der Waals surface area contributed by atoms with Gasteiger partial charge in [0.05, 0.1) is 6.61 Å². The summed E-state index contributed by atoms with van der Waals surface area (Å²) in [6.07, 6.45) is 13.2. The van der Waals surface area contributed by atoms with Gasteiger partial charge in [-0.15, -0.1) is 0 Å². The highest BCUT2D eigenvalue weighted by Gasteiger charge is 2.04. The van der Waals surface area contributed by atoms with Crippen molar-refractivity contribution in [2.45, 2.75) is 64.9 Å². The fourth-order valence-corrected chi connectivity index (χ4v) is 3.60. The molecule has 0 saturated heterocycles. The SMILES string of the molecule is C=CCOc1cc(COCCCCCCCCCCSC(C)=O)cc(OCC=C)c1. The van der Waals surface area contributed by atoms with Crippen LogP contribution in [-0.2, 0) is 16.1 Å². The summed E-state index contributed by atoms with van der Waals surface area (Å²) >= 11 is 1.44. The van der Waals surface area contributed by atoms with Gasteiger partial charge in [0, 0.05) is 25.3 Å². The maximum absolute atomic E-state index is 10.8. The van der Waals surface area contributed by atoms with E-state index in [1.54, 1.807) is 19.1 Å². The largest absolute Gasteiger partial charge is 0.489 e. The van der Waals surface area contributed by atoms with E-state index < -0.39 is 0 Å². The molecule has 1 rings (SSSR count). The van der Waals surface area contributed by atoms with Crippen LogP contribution in [0.5, 0.6) is 11.5 Å². The molecule has 5 heteroatoms. The van der Waals surface area contributed by atoms with Crippen LogP contribution in [0.1, 0.15) is 63.9 Å². The number of rotatable bonds is 19. The third kappa shape index (κ3) is 14.3. The van der Waals surface area contributed by atoms with Crippen LogP contribution in [0.3, 0.4) is 0 Å². The molecule has 0 amide bonds. The van der Waals surface area contributed by atoms with Gasteiger partial charge < -0.3 is 14.2 Å². The average molecular weight is 435 g/mol. The predicted octanol–water partition coefficient (Wildman–Crippen LogP) is 6.73. The molecule has 30 heavy (non-hydrogen) atoms. The van der Waals surface area contributed by atoms with Crippen LogP contribution in [0.15, 0.2) is 43.5 Å². The third-order valence-electron chi connectivity index (χ3n) is 4.43. The normalized spacial score (nSPS) is 10.6. The van der Waals surface area contributed by atoms with E-state index in [2.05, 4.69) is 13.2 Å². The number of hydrogen-bond donors (Lipinski definition) is 0. The highest BCUT2D eigenvalue weighted by atomic mass is 32.2. The van der Waals surface area contributed by atoms with Crippen molar-refractivity contribution >= 4 is 16.9 Å². The number of unbranched alkanes of at least 4 members (excludes halogenated alkanes) is 7. The van der Waals surface area contributed by atoms with Crippen LogP contribution < -0.4 is 9.47 Å². The number of ether oxygens (including phenoxy) is 3. The van der Waals surface area contributed by atoms with Crippen molar-refractivity contribution in [3.8, 4) is 11.5 Å². The van der Waals surface area contributed by atoms with Crippen LogP contribution >= 0.6 is 11.8 Å². The number of thioether (sulfide) groups is 1. The Kier molecular flexibility index (Phi) is 15.9. The molecule has 0 heterocycles. The minimum Gasteiger partial charge on any atom is -0.489 e. The van der Waals surface area contributed by atoms with Crippen molar-refractivity contribution in [3.05, 3.63) is 49.1 Å². The first-order chi connectivity index (χ1) is 14.7. The molecular weight excluding hydrogens is 396 g/mol. The monoisotopic (exact) mass is 434 g/mol. The highest BCUT2D eigenvalue weighted by Crippen LogP contribution is 2.24. The minimum atomic E-state index is 0.229. The molecule has 0 aliphatic heterocycles. The molecule has 0 spiro atoms. The molecule has 0 aromatic heterocycles. The lowest BCUT2D eigenvalue weighted by Crippen LogP contribution is -2.00. The molecule has 0 atom stereocenters. The van der Waals surface area contributed by atoms with Crippen LogP contribution in [-0.4, -0.2) is 30.7 Å². The highest BCUT2D eigenvalue weighted by molar-refractivity contribution is 8.13. The van der Waals surface area contributed by atoms with Gasteiger partial charge in [0.15, 0.2) is 5.12 Å². The quantitative estimate of drug-likeness (QED) is 0.178. The Morgan fingerprint density at radius 1 is 0.867 bits per heavy atom. The second-order valence-electron chi connectivity index (χ2n) is 7.23. The maximum atomic E-state index is 10.8. The van der Waals surface area contributed by atoms with Gasteiger partial charge >= 0.3 is 0 Å². The van der Waals surface area contributed by atoms with Gasteiger partial charge in [0.25, 0.3) is 0 Å². The Balaban J connectivity index is 2.13. The summed E-state index contributed by atoms with van der Waals surface area (Å²) in [5.41, 5.74) is 1.04. The second kappa shape index (κ2) is 18.1.